The number of ether oxygens (including phenoxy) is 1. The van der Waals surface area contributed by atoms with E-state index in [0.29, 0.717) is 36.9 Å². The fraction of sp³-hybridized carbons (Fsp3) is 0.444. The summed E-state index contributed by atoms with van der Waals surface area (Å²) in [6.07, 6.45) is 4.75. The molecule has 3 heterocycles. The summed E-state index contributed by atoms with van der Waals surface area (Å²) in [4.78, 5) is 29.7. The lowest BCUT2D eigenvalue weighted by Gasteiger charge is -2.32. The van der Waals surface area contributed by atoms with Crippen molar-refractivity contribution < 1.29 is 14.3 Å². The minimum atomic E-state index is -0.137. The van der Waals surface area contributed by atoms with Gasteiger partial charge in [0.2, 0.25) is 11.8 Å². The summed E-state index contributed by atoms with van der Waals surface area (Å²) in [6, 6.07) is 5.26. The Kier molecular flexibility index (Phi) is 5.50. The number of pyridine rings is 1. The van der Waals surface area contributed by atoms with Crippen molar-refractivity contribution in [3.63, 3.8) is 0 Å². The lowest BCUT2D eigenvalue weighted by molar-refractivity contribution is -0.114. The van der Waals surface area contributed by atoms with Gasteiger partial charge < -0.3 is 15.0 Å². The lowest BCUT2D eigenvalue weighted by Crippen LogP contribution is -2.42. The van der Waals surface area contributed by atoms with Crippen LogP contribution in [-0.4, -0.2) is 50.7 Å². The highest BCUT2D eigenvalue weighted by Gasteiger charge is 2.26. The Balaban J connectivity index is 1.52. The highest BCUT2D eigenvalue weighted by atomic mass is 16.5. The van der Waals surface area contributed by atoms with Crippen molar-refractivity contribution in [1.82, 2.24) is 19.7 Å². The normalized spacial score (nSPS) is 14.9. The summed E-state index contributed by atoms with van der Waals surface area (Å²) in [5, 5.41) is 6.82. The molecule has 3 rings (SSSR count). The molecule has 0 aromatic carbocycles. The molecule has 2 aromatic heterocycles. The molecule has 0 aliphatic carbocycles. The maximum absolute atomic E-state index is 12.6. The van der Waals surface area contributed by atoms with Crippen molar-refractivity contribution in [2.45, 2.75) is 39.3 Å². The molecule has 0 radical (unpaired) electrons. The van der Waals surface area contributed by atoms with Gasteiger partial charge >= 0.3 is 0 Å². The van der Waals surface area contributed by atoms with E-state index in [1.165, 1.54) is 6.92 Å². The van der Waals surface area contributed by atoms with E-state index in [1.807, 2.05) is 11.8 Å². The molecular formula is C18H23N5O3. The first-order chi connectivity index (χ1) is 12.6. The van der Waals surface area contributed by atoms with Crippen molar-refractivity contribution in [2.24, 2.45) is 0 Å². The van der Waals surface area contributed by atoms with Gasteiger partial charge in [0.1, 0.15) is 11.8 Å². The van der Waals surface area contributed by atoms with E-state index in [1.54, 1.807) is 35.3 Å². The van der Waals surface area contributed by atoms with E-state index in [4.69, 9.17) is 4.74 Å². The number of aromatic nitrogens is 3. The van der Waals surface area contributed by atoms with E-state index in [0.717, 1.165) is 12.8 Å². The van der Waals surface area contributed by atoms with Crippen LogP contribution < -0.4 is 10.1 Å². The van der Waals surface area contributed by atoms with E-state index >= 15 is 0 Å². The van der Waals surface area contributed by atoms with Gasteiger partial charge in [-0.2, -0.15) is 5.10 Å². The summed E-state index contributed by atoms with van der Waals surface area (Å²) in [5.41, 5.74) is 1.26. The number of nitrogens with one attached hydrogen (secondary N) is 1. The molecule has 0 spiro atoms. The fourth-order valence-electron chi connectivity index (χ4n) is 3.00. The number of piperidine rings is 1. The van der Waals surface area contributed by atoms with Crippen LogP contribution in [-0.2, 0) is 11.3 Å². The van der Waals surface area contributed by atoms with E-state index in [9.17, 15) is 9.59 Å². The topological polar surface area (TPSA) is 89.4 Å². The third-order valence-electron chi connectivity index (χ3n) is 4.31. The predicted molar refractivity (Wildman–Crippen MR) is 96.0 cm³/mol. The molecule has 26 heavy (non-hydrogen) atoms. The number of nitrogens with zero attached hydrogens (tertiary/aromatic N) is 4. The molecule has 138 valence electrons. The molecule has 0 saturated carbocycles. The first-order valence-electron chi connectivity index (χ1n) is 8.78. The van der Waals surface area contributed by atoms with Gasteiger partial charge in [-0.15, -0.1) is 0 Å². The van der Waals surface area contributed by atoms with Gasteiger partial charge in [0, 0.05) is 51.7 Å². The summed E-state index contributed by atoms with van der Waals surface area (Å²) in [7, 11) is 0. The van der Waals surface area contributed by atoms with Crippen LogP contribution in [0.3, 0.4) is 0 Å². The van der Waals surface area contributed by atoms with E-state index in [2.05, 4.69) is 15.4 Å². The third kappa shape index (κ3) is 4.19. The summed E-state index contributed by atoms with van der Waals surface area (Å²) < 4.78 is 7.61. The molecule has 0 atom stereocenters. The summed E-state index contributed by atoms with van der Waals surface area (Å²) in [6.45, 7) is 5.37. The Hall–Kier alpha value is -2.90. The molecule has 1 fully saturated rings. The second-order valence-corrected chi connectivity index (χ2v) is 6.21. The SMILES string of the molecule is CCn1nccc1C(=O)N1CCC(Oc2ccc(NC(C)=O)cn2)CC1. The number of aryl methyl sites for hydroxylation is 1. The van der Waals surface area contributed by atoms with Gasteiger partial charge in [0.25, 0.3) is 5.91 Å². The van der Waals surface area contributed by atoms with Crippen LogP contribution in [0, 0.1) is 0 Å². The minimum Gasteiger partial charge on any atom is -0.474 e. The number of amides is 2. The van der Waals surface area contributed by atoms with Crippen LogP contribution in [0.2, 0.25) is 0 Å². The smallest absolute Gasteiger partial charge is 0.272 e. The van der Waals surface area contributed by atoms with Crippen molar-refractivity contribution in [2.75, 3.05) is 18.4 Å². The van der Waals surface area contributed by atoms with E-state index in [-0.39, 0.29) is 17.9 Å². The quantitative estimate of drug-likeness (QED) is 0.883. The largest absolute Gasteiger partial charge is 0.474 e. The van der Waals surface area contributed by atoms with Crippen molar-refractivity contribution in [1.29, 1.82) is 0 Å². The molecule has 1 aliphatic heterocycles. The maximum atomic E-state index is 12.6. The number of carbonyl (C=O) groups is 2. The summed E-state index contributed by atoms with van der Waals surface area (Å²) in [5.74, 6) is 0.399. The van der Waals surface area contributed by atoms with Crippen LogP contribution in [0.25, 0.3) is 0 Å². The average molecular weight is 357 g/mol. The highest BCUT2D eigenvalue weighted by molar-refractivity contribution is 5.92. The molecular weight excluding hydrogens is 334 g/mol. The maximum Gasteiger partial charge on any atom is 0.272 e. The summed E-state index contributed by atoms with van der Waals surface area (Å²) >= 11 is 0. The number of anilines is 1. The lowest BCUT2D eigenvalue weighted by atomic mass is 10.1. The van der Waals surface area contributed by atoms with Gasteiger partial charge in [0.15, 0.2) is 0 Å². The van der Waals surface area contributed by atoms with Crippen molar-refractivity contribution >= 4 is 17.5 Å². The van der Waals surface area contributed by atoms with Gasteiger partial charge in [-0.25, -0.2) is 4.98 Å². The molecule has 2 aromatic rings. The molecule has 0 bridgehead atoms. The number of hydrogen-bond acceptors (Lipinski definition) is 5. The van der Waals surface area contributed by atoms with Crippen molar-refractivity contribution in [3.05, 3.63) is 36.3 Å². The second-order valence-electron chi connectivity index (χ2n) is 6.21. The fourth-order valence-corrected chi connectivity index (χ4v) is 3.00. The van der Waals surface area contributed by atoms with Gasteiger partial charge in [-0.3, -0.25) is 14.3 Å². The molecule has 1 N–H and O–H groups in total. The van der Waals surface area contributed by atoms with Gasteiger partial charge in [-0.05, 0) is 19.1 Å². The zero-order valence-electron chi connectivity index (χ0n) is 15.0. The highest BCUT2D eigenvalue weighted by Crippen LogP contribution is 2.20. The first kappa shape index (κ1) is 17.9. The predicted octanol–water partition coefficient (Wildman–Crippen LogP) is 1.94. The minimum absolute atomic E-state index is 0.0144. The van der Waals surface area contributed by atoms with Crippen LogP contribution in [0.4, 0.5) is 5.69 Å². The molecule has 0 unspecified atom stereocenters. The Bertz CT molecular complexity index is 763. The molecule has 1 saturated heterocycles. The number of hydrogen-bond donors (Lipinski definition) is 1. The van der Waals surface area contributed by atoms with Gasteiger partial charge in [0.05, 0.1) is 11.9 Å². The zero-order chi connectivity index (χ0) is 18.5. The van der Waals surface area contributed by atoms with Crippen LogP contribution in [0.5, 0.6) is 5.88 Å². The third-order valence-corrected chi connectivity index (χ3v) is 4.31. The van der Waals surface area contributed by atoms with Gasteiger partial charge in [-0.1, -0.05) is 0 Å². The number of rotatable bonds is 5. The average Bonchev–Trinajstić information content (AvgIpc) is 3.12. The molecule has 8 heteroatoms. The first-order valence-corrected chi connectivity index (χ1v) is 8.78. The van der Waals surface area contributed by atoms with Crippen LogP contribution in [0.1, 0.15) is 37.2 Å². The zero-order valence-corrected chi connectivity index (χ0v) is 15.0. The second kappa shape index (κ2) is 7.99. The molecule has 8 nitrogen and oxygen atoms in total. The van der Waals surface area contributed by atoms with E-state index < -0.39 is 0 Å². The Morgan fingerprint density at radius 1 is 1.27 bits per heavy atom. The Morgan fingerprint density at radius 3 is 2.65 bits per heavy atom. The number of likely N-dealkylation sites (tertiary alicyclic amines) is 1. The Morgan fingerprint density at radius 2 is 2.04 bits per heavy atom. The standard InChI is InChI=1S/C18H23N5O3/c1-3-23-16(6-9-20-23)18(25)22-10-7-15(8-11-22)26-17-5-4-14(12-19-17)21-13(2)24/h4-6,9,12,15H,3,7-8,10-11H2,1-2H3,(H,21,24). The Labute approximate surface area is 152 Å². The van der Waals surface area contributed by atoms with Crippen molar-refractivity contribution in [3.8, 4) is 5.88 Å². The molecule has 2 amide bonds. The van der Waals surface area contributed by atoms with Crippen LogP contribution in [0.15, 0.2) is 30.6 Å². The van der Waals surface area contributed by atoms with Crippen LogP contribution >= 0.6 is 0 Å². The number of carbonyl (C=O) groups excluding carboxylic acids is 2. The molecule has 1 aliphatic rings. The monoisotopic (exact) mass is 357 g/mol.